The molecule has 0 atom stereocenters. The summed E-state index contributed by atoms with van der Waals surface area (Å²) in [5.74, 6) is 0.145. The fourth-order valence-electron chi connectivity index (χ4n) is 2.28. The third-order valence-electron chi connectivity index (χ3n) is 2.97. The largest absolute Gasteiger partial charge is 0.396 e. The third kappa shape index (κ3) is 2.77. The van der Waals surface area contributed by atoms with E-state index < -0.39 is 10.1 Å². The van der Waals surface area contributed by atoms with Crippen LogP contribution in [0.25, 0.3) is 0 Å². The Balaban J connectivity index is 2.50. The first-order valence-electron chi connectivity index (χ1n) is 6.18. The zero-order valence-electron chi connectivity index (χ0n) is 11.7. The van der Waals surface area contributed by atoms with Crippen molar-refractivity contribution in [1.82, 2.24) is 0 Å². The predicted molar refractivity (Wildman–Crippen MR) is 79.3 cm³/mol. The Bertz CT molecular complexity index is 728. The second-order valence-corrected chi connectivity index (χ2v) is 6.29. The molecule has 0 aliphatic rings. The van der Waals surface area contributed by atoms with Crippen LogP contribution >= 0.6 is 0 Å². The molecule has 0 heterocycles. The Morgan fingerprint density at radius 2 is 1.55 bits per heavy atom. The predicted octanol–water partition coefficient (Wildman–Crippen LogP) is 2.96. The first kappa shape index (κ1) is 14.4. The lowest BCUT2D eigenvalue weighted by molar-refractivity contribution is 0.486. The van der Waals surface area contributed by atoms with Crippen molar-refractivity contribution in [2.24, 2.45) is 0 Å². The Hall–Kier alpha value is -2.01. The molecule has 5 heteroatoms. The number of hydrogen-bond acceptors (Lipinski definition) is 4. The second kappa shape index (κ2) is 5.17. The smallest absolute Gasteiger partial charge is 0.339 e. The summed E-state index contributed by atoms with van der Waals surface area (Å²) in [5.41, 5.74) is 8.35. The van der Waals surface area contributed by atoms with Gasteiger partial charge in [0, 0.05) is 0 Å². The van der Waals surface area contributed by atoms with Gasteiger partial charge in [-0.25, -0.2) is 0 Å². The summed E-state index contributed by atoms with van der Waals surface area (Å²) in [6.45, 7) is 5.43. The monoisotopic (exact) mass is 291 g/mol. The second-order valence-electron chi connectivity index (χ2n) is 4.80. The summed E-state index contributed by atoms with van der Waals surface area (Å²) in [7, 11) is -3.89. The highest BCUT2D eigenvalue weighted by atomic mass is 32.2. The van der Waals surface area contributed by atoms with Gasteiger partial charge in [0.05, 0.1) is 5.69 Å². The Morgan fingerprint density at radius 3 is 2.10 bits per heavy atom. The van der Waals surface area contributed by atoms with Crippen molar-refractivity contribution < 1.29 is 12.6 Å². The van der Waals surface area contributed by atoms with E-state index in [0.717, 1.165) is 5.56 Å². The molecule has 0 aliphatic heterocycles. The lowest BCUT2D eigenvalue weighted by Gasteiger charge is -2.13. The van der Waals surface area contributed by atoms with Crippen LogP contribution in [0, 0.1) is 20.8 Å². The molecule has 0 saturated heterocycles. The van der Waals surface area contributed by atoms with E-state index in [4.69, 9.17) is 9.92 Å². The van der Waals surface area contributed by atoms with Crippen LogP contribution in [0.4, 0.5) is 5.69 Å². The van der Waals surface area contributed by atoms with E-state index in [-0.39, 0.29) is 10.6 Å². The Kier molecular flexibility index (Phi) is 3.72. The lowest BCUT2D eigenvalue weighted by Crippen LogP contribution is -2.14. The topological polar surface area (TPSA) is 69.4 Å². The molecule has 0 amide bonds. The highest BCUT2D eigenvalue weighted by Gasteiger charge is 2.22. The molecule has 4 nitrogen and oxygen atoms in total. The minimum absolute atomic E-state index is 0.145. The Morgan fingerprint density at radius 1 is 1.00 bits per heavy atom. The fraction of sp³-hybridized carbons (Fsp3) is 0.200. The van der Waals surface area contributed by atoms with Crippen molar-refractivity contribution in [1.29, 1.82) is 0 Å². The molecular weight excluding hydrogens is 274 g/mol. The molecule has 0 unspecified atom stereocenters. The van der Waals surface area contributed by atoms with E-state index >= 15 is 0 Å². The van der Waals surface area contributed by atoms with Gasteiger partial charge in [0.2, 0.25) is 0 Å². The number of nitrogen functional groups attached to an aromatic ring is 1. The van der Waals surface area contributed by atoms with Crippen LogP contribution in [0.15, 0.2) is 41.3 Å². The summed E-state index contributed by atoms with van der Waals surface area (Å²) in [5, 5.41) is 0. The van der Waals surface area contributed by atoms with Crippen molar-refractivity contribution in [3.8, 4) is 5.75 Å². The molecule has 106 valence electrons. The van der Waals surface area contributed by atoms with Gasteiger partial charge >= 0.3 is 10.1 Å². The molecule has 0 aliphatic carbocycles. The zero-order valence-corrected chi connectivity index (χ0v) is 12.5. The molecule has 0 saturated carbocycles. The molecule has 2 rings (SSSR count). The molecule has 0 fully saturated rings. The van der Waals surface area contributed by atoms with E-state index in [0.29, 0.717) is 16.8 Å². The number of rotatable bonds is 3. The van der Waals surface area contributed by atoms with E-state index in [1.165, 1.54) is 6.07 Å². The molecule has 2 aromatic rings. The molecular formula is C15H17NO3S. The number of aryl methyl sites for hydroxylation is 3. The number of anilines is 1. The first-order chi connectivity index (χ1) is 9.31. The quantitative estimate of drug-likeness (QED) is 0.697. The maximum atomic E-state index is 12.4. The maximum absolute atomic E-state index is 12.4. The zero-order chi connectivity index (χ0) is 14.9. The minimum atomic E-state index is -3.89. The van der Waals surface area contributed by atoms with Crippen LogP contribution in [0.1, 0.15) is 16.7 Å². The third-order valence-corrected chi connectivity index (χ3v) is 4.52. The molecule has 0 bridgehead atoms. The SMILES string of the molecule is Cc1cc(C)c(S(=O)(=O)Oc2ccccc2N)c(C)c1. The summed E-state index contributed by atoms with van der Waals surface area (Å²) < 4.78 is 30.0. The molecule has 20 heavy (non-hydrogen) atoms. The average Bonchev–Trinajstić information content (AvgIpc) is 2.30. The highest BCUT2D eigenvalue weighted by Crippen LogP contribution is 2.28. The summed E-state index contributed by atoms with van der Waals surface area (Å²) in [4.78, 5) is 0.200. The number of nitrogens with two attached hydrogens (primary N) is 1. The summed E-state index contributed by atoms with van der Waals surface area (Å²) >= 11 is 0. The van der Waals surface area contributed by atoms with Crippen molar-refractivity contribution in [2.45, 2.75) is 25.7 Å². The van der Waals surface area contributed by atoms with Crippen LogP contribution in [0.3, 0.4) is 0 Å². The van der Waals surface area contributed by atoms with Gasteiger partial charge in [-0.1, -0.05) is 29.8 Å². The first-order valence-corrected chi connectivity index (χ1v) is 7.59. The molecule has 0 aromatic heterocycles. The lowest BCUT2D eigenvalue weighted by atomic mass is 10.1. The van der Waals surface area contributed by atoms with E-state index in [1.807, 2.05) is 19.1 Å². The van der Waals surface area contributed by atoms with Gasteiger partial charge in [-0.3, -0.25) is 0 Å². The molecule has 2 N–H and O–H groups in total. The van der Waals surface area contributed by atoms with Crippen LogP contribution in [0.5, 0.6) is 5.75 Å². The number of para-hydroxylation sites is 2. The van der Waals surface area contributed by atoms with E-state index in [2.05, 4.69) is 0 Å². The van der Waals surface area contributed by atoms with Gasteiger partial charge < -0.3 is 9.92 Å². The standard InChI is InChI=1S/C15H17NO3S/c1-10-8-11(2)15(12(3)9-10)20(17,18)19-14-7-5-4-6-13(14)16/h4-9H,16H2,1-3H3. The van der Waals surface area contributed by atoms with Crippen molar-refractivity contribution >= 4 is 15.8 Å². The van der Waals surface area contributed by atoms with Crippen LogP contribution in [0.2, 0.25) is 0 Å². The average molecular weight is 291 g/mol. The van der Waals surface area contributed by atoms with Crippen molar-refractivity contribution in [3.05, 3.63) is 53.1 Å². The fourth-order valence-corrected chi connectivity index (χ4v) is 3.66. The van der Waals surface area contributed by atoms with Gasteiger partial charge in [-0.2, -0.15) is 8.42 Å². The van der Waals surface area contributed by atoms with Crippen molar-refractivity contribution in [3.63, 3.8) is 0 Å². The van der Waals surface area contributed by atoms with Gasteiger partial charge in [0.1, 0.15) is 4.90 Å². The normalized spacial score (nSPS) is 11.3. The molecule has 0 radical (unpaired) electrons. The van der Waals surface area contributed by atoms with Crippen molar-refractivity contribution in [2.75, 3.05) is 5.73 Å². The van der Waals surface area contributed by atoms with E-state index in [1.54, 1.807) is 32.0 Å². The number of benzene rings is 2. The van der Waals surface area contributed by atoms with Gasteiger partial charge in [0.15, 0.2) is 5.75 Å². The highest BCUT2D eigenvalue weighted by molar-refractivity contribution is 7.87. The van der Waals surface area contributed by atoms with Gasteiger partial charge in [0.25, 0.3) is 0 Å². The van der Waals surface area contributed by atoms with Gasteiger partial charge in [-0.15, -0.1) is 0 Å². The van der Waals surface area contributed by atoms with Crippen LogP contribution in [-0.4, -0.2) is 8.42 Å². The molecule has 0 spiro atoms. The maximum Gasteiger partial charge on any atom is 0.339 e. The van der Waals surface area contributed by atoms with E-state index in [9.17, 15) is 8.42 Å². The van der Waals surface area contributed by atoms with Gasteiger partial charge in [-0.05, 0) is 44.0 Å². The number of hydrogen-bond donors (Lipinski definition) is 1. The summed E-state index contributed by atoms with van der Waals surface area (Å²) in [6.07, 6.45) is 0. The minimum Gasteiger partial charge on any atom is -0.396 e. The van der Waals surface area contributed by atoms with Crippen LogP contribution in [-0.2, 0) is 10.1 Å². The summed E-state index contributed by atoms with van der Waals surface area (Å²) in [6, 6.07) is 10.2. The van der Waals surface area contributed by atoms with Crippen LogP contribution < -0.4 is 9.92 Å². The molecule has 2 aromatic carbocycles. The Labute approximate surface area is 119 Å².